The molecule has 0 aromatic heterocycles. The van der Waals surface area contributed by atoms with E-state index >= 15 is 0 Å². The summed E-state index contributed by atoms with van der Waals surface area (Å²) >= 11 is 2.93. The standard InChI is InChI=1S/C11H10BrF6NO/c12-7-1-2-9(8(5-7)11(16,17)18)19-3-4-20-6-10(13,14)15/h1-2,5,19H,3-4,6H2. The molecule has 0 radical (unpaired) electrons. The predicted octanol–water partition coefficient (Wildman–Crippen LogP) is 4.46. The van der Waals surface area contributed by atoms with E-state index in [0.717, 1.165) is 6.07 Å². The summed E-state index contributed by atoms with van der Waals surface area (Å²) in [7, 11) is 0. The Morgan fingerprint density at radius 1 is 1.10 bits per heavy atom. The van der Waals surface area contributed by atoms with E-state index in [4.69, 9.17) is 0 Å². The number of benzene rings is 1. The molecule has 2 nitrogen and oxygen atoms in total. The number of hydrogen-bond donors (Lipinski definition) is 1. The summed E-state index contributed by atoms with van der Waals surface area (Å²) in [5, 5.41) is 2.40. The Labute approximate surface area is 119 Å². The van der Waals surface area contributed by atoms with Crippen LogP contribution in [0.5, 0.6) is 0 Å². The molecule has 9 heteroatoms. The van der Waals surface area contributed by atoms with Crippen LogP contribution in [-0.4, -0.2) is 25.9 Å². The molecule has 0 saturated carbocycles. The lowest BCUT2D eigenvalue weighted by atomic mass is 10.1. The quantitative estimate of drug-likeness (QED) is 0.614. The van der Waals surface area contributed by atoms with E-state index in [9.17, 15) is 26.3 Å². The van der Waals surface area contributed by atoms with Crippen molar-refractivity contribution >= 4 is 21.6 Å². The smallest absolute Gasteiger partial charge is 0.382 e. The summed E-state index contributed by atoms with van der Waals surface area (Å²) in [5.41, 5.74) is -1.11. The first-order valence-corrected chi connectivity index (χ1v) is 6.14. The second-order valence-corrected chi connectivity index (χ2v) is 4.70. The third-order valence-electron chi connectivity index (χ3n) is 2.11. The van der Waals surface area contributed by atoms with Crippen molar-refractivity contribution in [3.63, 3.8) is 0 Å². The summed E-state index contributed by atoms with van der Waals surface area (Å²) in [6.07, 6.45) is -9.01. The third-order valence-corrected chi connectivity index (χ3v) is 2.61. The van der Waals surface area contributed by atoms with Crippen molar-refractivity contribution in [2.24, 2.45) is 0 Å². The van der Waals surface area contributed by atoms with E-state index in [1.807, 2.05) is 0 Å². The van der Waals surface area contributed by atoms with Gasteiger partial charge in [-0.05, 0) is 18.2 Å². The summed E-state index contributed by atoms with van der Waals surface area (Å²) < 4.78 is 78.0. The topological polar surface area (TPSA) is 21.3 Å². The fourth-order valence-electron chi connectivity index (χ4n) is 1.35. The molecule has 1 aromatic rings. The van der Waals surface area contributed by atoms with Gasteiger partial charge in [0.15, 0.2) is 0 Å². The molecule has 0 aliphatic rings. The zero-order valence-corrected chi connectivity index (χ0v) is 11.5. The lowest BCUT2D eigenvalue weighted by Gasteiger charge is -2.15. The SMILES string of the molecule is FC(F)(F)COCCNc1ccc(Br)cc1C(F)(F)F. The second-order valence-electron chi connectivity index (χ2n) is 3.78. The predicted molar refractivity (Wildman–Crippen MR) is 64.5 cm³/mol. The van der Waals surface area contributed by atoms with Gasteiger partial charge in [-0.1, -0.05) is 15.9 Å². The van der Waals surface area contributed by atoms with Crippen molar-refractivity contribution in [3.05, 3.63) is 28.2 Å². The van der Waals surface area contributed by atoms with Gasteiger partial charge < -0.3 is 10.1 Å². The highest BCUT2D eigenvalue weighted by atomic mass is 79.9. The Hall–Kier alpha value is -0.960. The lowest BCUT2D eigenvalue weighted by molar-refractivity contribution is -0.172. The van der Waals surface area contributed by atoms with Gasteiger partial charge in [-0.15, -0.1) is 0 Å². The zero-order chi connectivity index (χ0) is 15.4. The molecule has 0 unspecified atom stereocenters. The highest BCUT2D eigenvalue weighted by molar-refractivity contribution is 9.10. The van der Waals surface area contributed by atoms with Crippen molar-refractivity contribution in [2.45, 2.75) is 12.4 Å². The maximum atomic E-state index is 12.7. The molecule has 0 heterocycles. The molecule has 0 fully saturated rings. The first-order valence-electron chi connectivity index (χ1n) is 5.35. The maximum absolute atomic E-state index is 12.7. The van der Waals surface area contributed by atoms with Gasteiger partial charge in [-0.25, -0.2) is 0 Å². The van der Waals surface area contributed by atoms with E-state index in [2.05, 4.69) is 26.0 Å². The van der Waals surface area contributed by atoms with Crippen LogP contribution in [-0.2, 0) is 10.9 Å². The van der Waals surface area contributed by atoms with Crippen LogP contribution in [0.1, 0.15) is 5.56 Å². The van der Waals surface area contributed by atoms with Gasteiger partial charge in [-0.2, -0.15) is 26.3 Å². The van der Waals surface area contributed by atoms with Crippen LogP contribution in [0.2, 0.25) is 0 Å². The van der Waals surface area contributed by atoms with Crippen molar-refractivity contribution < 1.29 is 31.1 Å². The number of halogens is 7. The van der Waals surface area contributed by atoms with E-state index in [-0.39, 0.29) is 23.3 Å². The molecule has 0 aliphatic carbocycles. The molecular formula is C11H10BrF6NO. The fraction of sp³-hybridized carbons (Fsp3) is 0.455. The van der Waals surface area contributed by atoms with Gasteiger partial charge in [-0.3, -0.25) is 0 Å². The van der Waals surface area contributed by atoms with E-state index in [0.29, 0.717) is 0 Å². The van der Waals surface area contributed by atoms with E-state index < -0.39 is 24.5 Å². The Bertz CT molecular complexity index is 446. The number of anilines is 1. The largest absolute Gasteiger partial charge is 0.418 e. The summed E-state index contributed by atoms with van der Waals surface area (Å²) in [6.45, 7) is -1.95. The lowest BCUT2D eigenvalue weighted by Crippen LogP contribution is -2.20. The molecule has 20 heavy (non-hydrogen) atoms. The molecule has 0 aliphatic heterocycles. The molecule has 1 rings (SSSR count). The average Bonchev–Trinajstić information content (AvgIpc) is 2.27. The van der Waals surface area contributed by atoms with Crippen LogP contribution in [0.3, 0.4) is 0 Å². The van der Waals surface area contributed by atoms with Crippen molar-refractivity contribution in [1.29, 1.82) is 0 Å². The number of rotatable bonds is 5. The zero-order valence-electron chi connectivity index (χ0n) is 9.91. The van der Waals surface area contributed by atoms with Crippen LogP contribution in [0.4, 0.5) is 32.0 Å². The van der Waals surface area contributed by atoms with Crippen molar-refractivity contribution in [2.75, 3.05) is 25.1 Å². The minimum Gasteiger partial charge on any atom is -0.382 e. The van der Waals surface area contributed by atoms with Crippen molar-refractivity contribution in [3.8, 4) is 0 Å². The molecule has 0 spiro atoms. The summed E-state index contributed by atoms with van der Waals surface area (Å²) in [6, 6.07) is 3.48. The highest BCUT2D eigenvalue weighted by Crippen LogP contribution is 2.36. The first kappa shape index (κ1) is 17.1. The van der Waals surface area contributed by atoms with E-state index in [1.54, 1.807) is 0 Å². The van der Waals surface area contributed by atoms with Gasteiger partial charge in [0.2, 0.25) is 0 Å². The number of hydrogen-bond acceptors (Lipinski definition) is 2. The minimum absolute atomic E-state index is 0.166. The normalized spacial score (nSPS) is 12.6. The fourth-order valence-corrected chi connectivity index (χ4v) is 1.71. The minimum atomic E-state index is -4.56. The average molecular weight is 366 g/mol. The molecule has 0 atom stereocenters. The second kappa shape index (κ2) is 6.66. The van der Waals surface area contributed by atoms with Crippen LogP contribution in [0, 0.1) is 0 Å². The Morgan fingerprint density at radius 2 is 1.75 bits per heavy atom. The maximum Gasteiger partial charge on any atom is 0.418 e. The molecule has 1 N–H and O–H groups in total. The molecule has 1 aromatic carbocycles. The van der Waals surface area contributed by atoms with Crippen LogP contribution in [0.25, 0.3) is 0 Å². The number of alkyl halides is 6. The van der Waals surface area contributed by atoms with Crippen LogP contribution in [0.15, 0.2) is 22.7 Å². The number of nitrogens with one attached hydrogen (secondary N) is 1. The highest BCUT2D eigenvalue weighted by Gasteiger charge is 2.33. The van der Waals surface area contributed by atoms with Gasteiger partial charge >= 0.3 is 12.4 Å². The monoisotopic (exact) mass is 365 g/mol. The summed E-state index contributed by atoms with van der Waals surface area (Å²) in [5.74, 6) is 0. The van der Waals surface area contributed by atoms with Crippen LogP contribution >= 0.6 is 15.9 Å². The van der Waals surface area contributed by atoms with Gasteiger partial charge in [0, 0.05) is 16.7 Å². The van der Waals surface area contributed by atoms with E-state index in [1.165, 1.54) is 12.1 Å². The Morgan fingerprint density at radius 3 is 2.30 bits per heavy atom. The Balaban J connectivity index is 2.56. The van der Waals surface area contributed by atoms with Crippen LogP contribution < -0.4 is 5.32 Å². The molecule has 0 saturated heterocycles. The molecule has 0 amide bonds. The van der Waals surface area contributed by atoms with Gasteiger partial charge in [0.05, 0.1) is 12.2 Å². The molecule has 0 bridgehead atoms. The van der Waals surface area contributed by atoms with Gasteiger partial charge in [0.1, 0.15) is 6.61 Å². The third kappa shape index (κ3) is 6.00. The number of ether oxygens (including phenoxy) is 1. The van der Waals surface area contributed by atoms with Gasteiger partial charge in [0.25, 0.3) is 0 Å². The summed E-state index contributed by atoms with van der Waals surface area (Å²) in [4.78, 5) is 0. The molecule has 114 valence electrons. The van der Waals surface area contributed by atoms with Crippen molar-refractivity contribution in [1.82, 2.24) is 0 Å². The Kier molecular flexibility index (Phi) is 5.69. The first-order chi connectivity index (χ1) is 9.09. The molecular weight excluding hydrogens is 356 g/mol.